The Morgan fingerprint density at radius 2 is 1.80 bits per heavy atom. The summed E-state index contributed by atoms with van der Waals surface area (Å²) in [6.45, 7) is 12.3. The zero-order valence-electron chi connectivity index (χ0n) is 10.9. The number of rotatable bonds is 5. The number of nitrogens with one attached hydrogen (secondary N) is 1. The van der Waals surface area contributed by atoms with Crippen molar-refractivity contribution in [3.05, 3.63) is 0 Å². The zero-order valence-corrected chi connectivity index (χ0v) is 10.9. The van der Waals surface area contributed by atoms with Gasteiger partial charge in [-0.25, -0.2) is 0 Å². The summed E-state index contributed by atoms with van der Waals surface area (Å²) in [7, 11) is 0. The van der Waals surface area contributed by atoms with Crippen LogP contribution in [0.2, 0.25) is 0 Å². The molecule has 0 aromatic heterocycles. The van der Waals surface area contributed by atoms with Crippen molar-refractivity contribution in [2.24, 2.45) is 5.92 Å². The second-order valence-corrected chi connectivity index (χ2v) is 5.50. The Labute approximate surface area is 93.6 Å². The summed E-state index contributed by atoms with van der Waals surface area (Å²) in [4.78, 5) is 11.4. The molecule has 0 fully saturated rings. The molecular formula is C12H25NO2. The lowest BCUT2D eigenvalue weighted by molar-refractivity contribution is -0.131. The average molecular weight is 215 g/mol. The first-order valence-corrected chi connectivity index (χ1v) is 5.64. The average Bonchev–Trinajstić information content (AvgIpc) is 1.97. The van der Waals surface area contributed by atoms with Gasteiger partial charge in [-0.05, 0) is 40.0 Å². The van der Waals surface area contributed by atoms with Gasteiger partial charge >= 0.3 is 0 Å². The third-order valence-electron chi connectivity index (χ3n) is 1.87. The predicted molar refractivity (Wildman–Crippen MR) is 62.8 cm³/mol. The number of carbonyl (C=O) groups excluding carboxylic acids is 1. The van der Waals surface area contributed by atoms with Crippen LogP contribution in [-0.4, -0.2) is 24.2 Å². The number of carbonyl (C=O) groups is 1. The van der Waals surface area contributed by atoms with Crippen LogP contribution < -0.4 is 5.32 Å². The second kappa shape index (κ2) is 6.11. The lowest BCUT2D eigenvalue weighted by Crippen LogP contribution is -2.38. The molecule has 0 aromatic rings. The van der Waals surface area contributed by atoms with Gasteiger partial charge in [0.1, 0.15) is 6.61 Å². The molecule has 0 aliphatic carbocycles. The molecule has 3 heteroatoms. The molecule has 0 rings (SSSR count). The highest BCUT2D eigenvalue weighted by Crippen LogP contribution is 2.06. The summed E-state index contributed by atoms with van der Waals surface area (Å²) in [6.07, 6.45) is 1.00. The monoisotopic (exact) mass is 215 g/mol. The van der Waals surface area contributed by atoms with Crippen molar-refractivity contribution < 1.29 is 9.53 Å². The Bertz CT molecular complexity index is 194. The minimum Gasteiger partial charge on any atom is -0.366 e. The molecule has 15 heavy (non-hydrogen) atoms. The van der Waals surface area contributed by atoms with Crippen molar-refractivity contribution in [3.63, 3.8) is 0 Å². The normalized spacial score (nSPS) is 14.1. The first-order valence-electron chi connectivity index (χ1n) is 5.64. The van der Waals surface area contributed by atoms with Crippen molar-refractivity contribution in [2.45, 2.75) is 59.6 Å². The van der Waals surface area contributed by atoms with E-state index < -0.39 is 0 Å². The van der Waals surface area contributed by atoms with Gasteiger partial charge in [-0.1, -0.05) is 13.8 Å². The maximum absolute atomic E-state index is 11.4. The summed E-state index contributed by atoms with van der Waals surface area (Å²) >= 11 is 0. The van der Waals surface area contributed by atoms with Crippen molar-refractivity contribution in [1.29, 1.82) is 0 Å². The molecule has 1 unspecified atom stereocenters. The minimum atomic E-state index is -0.251. The van der Waals surface area contributed by atoms with E-state index in [0.29, 0.717) is 5.92 Å². The number of hydrogen-bond donors (Lipinski definition) is 1. The molecule has 1 N–H and O–H groups in total. The fourth-order valence-corrected chi connectivity index (χ4v) is 1.36. The quantitative estimate of drug-likeness (QED) is 0.764. The van der Waals surface area contributed by atoms with E-state index in [-0.39, 0.29) is 24.2 Å². The van der Waals surface area contributed by atoms with Gasteiger partial charge in [-0.3, -0.25) is 4.79 Å². The Morgan fingerprint density at radius 3 is 2.20 bits per heavy atom. The van der Waals surface area contributed by atoms with Crippen LogP contribution in [0, 0.1) is 5.92 Å². The topological polar surface area (TPSA) is 38.3 Å². The lowest BCUT2D eigenvalue weighted by Gasteiger charge is -2.21. The minimum absolute atomic E-state index is 0.0296. The summed E-state index contributed by atoms with van der Waals surface area (Å²) in [5.74, 6) is 0.571. The van der Waals surface area contributed by atoms with Crippen LogP contribution in [0.4, 0.5) is 0 Å². The summed E-state index contributed by atoms with van der Waals surface area (Å²) in [6, 6.07) is 0.223. The van der Waals surface area contributed by atoms with Gasteiger partial charge < -0.3 is 10.1 Å². The van der Waals surface area contributed by atoms with E-state index >= 15 is 0 Å². The predicted octanol–water partition coefficient (Wildman–Crippen LogP) is 2.35. The largest absolute Gasteiger partial charge is 0.366 e. The Morgan fingerprint density at radius 1 is 1.27 bits per heavy atom. The zero-order chi connectivity index (χ0) is 12.1. The molecule has 0 bridgehead atoms. The standard InChI is InChI=1S/C12H25NO2/c1-9(2)7-10(3)13-11(14)8-15-12(4,5)6/h9-10H,7-8H2,1-6H3,(H,13,14). The van der Waals surface area contributed by atoms with Crippen molar-refractivity contribution in [3.8, 4) is 0 Å². The molecule has 0 spiro atoms. The van der Waals surface area contributed by atoms with E-state index in [1.165, 1.54) is 0 Å². The van der Waals surface area contributed by atoms with Gasteiger partial charge in [0.05, 0.1) is 5.60 Å². The molecule has 1 atom stereocenters. The van der Waals surface area contributed by atoms with E-state index in [0.717, 1.165) is 6.42 Å². The maximum atomic E-state index is 11.4. The van der Waals surface area contributed by atoms with Crippen LogP contribution in [-0.2, 0) is 9.53 Å². The first-order chi connectivity index (χ1) is 6.70. The highest BCUT2D eigenvalue weighted by atomic mass is 16.5. The molecule has 0 aromatic carbocycles. The van der Waals surface area contributed by atoms with Gasteiger partial charge in [-0.2, -0.15) is 0 Å². The molecule has 0 radical (unpaired) electrons. The van der Waals surface area contributed by atoms with Crippen LogP contribution in [0.3, 0.4) is 0 Å². The van der Waals surface area contributed by atoms with Gasteiger partial charge in [0.2, 0.25) is 5.91 Å². The highest BCUT2D eigenvalue weighted by Gasteiger charge is 2.14. The summed E-state index contributed by atoms with van der Waals surface area (Å²) < 4.78 is 5.38. The molecule has 0 saturated carbocycles. The Kier molecular flexibility index (Phi) is 5.88. The number of hydrogen-bond acceptors (Lipinski definition) is 2. The van der Waals surface area contributed by atoms with Crippen molar-refractivity contribution in [1.82, 2.24) is 5.32 Å². The third kappa shape index (κ3) is 9.73. The molecule has 3 nitrogen and oxygen atoms in total. The molecule has 0 heterocycles. The van der Waals surface area contributed by atoms with Crippen LogP contribution in [0.25, 0.3) is 0 Å². The van der Waals surface area contributed by atoms with Crippen LogP contribution in [0.1, 0.15) is 48.0 Å². The van der Waals surface area contributed by atoms with E-state index in [9.17, 15) is 4.79 Å². The van der Waals surface area contributed by atoms with Gasteiger partial charge in [0, 0.05) is 6.04 Å². The highest BCUT2D eigenvalue weighted by molar-refractivity contribution is 5.77. The van der Waals surface area contributed by atoms with Gasteiger partial charge in [-0.15, -0.1) is 0 Å². The molecule has 0 aliphatic rings. The number of ether oxygens (including phenoxy) is 1. The number of amides is 1. The molecule has 1 amide bonds. The Hall–Kier alpha value is -0.570. The van der Waals surface area contributed by atoms with Crippen molar-refractivity contribution >= 4 is 5.91 Å². The van der Waals surface area contributed by atoms with E-state index in [2.05, 4.69) is 19.2 Å². The van der Waals surface area contributed by atoms with Gasteiger partial charge in [0.25, 0.3) is 0 Å². The molecule has 90 valence electrons. The van der Waals surface area contributed by atoms with E-state index in [1.807, 2.05) is 27.7 Å². The van der Waals surface area contributed by atoms with Crippen LogP contribution in [0.15, 0.2) is 0 Å². The molecule has 0 saturated heterocycles. The fraction of sp³-hybridized carbons (Fsp3) is 0.917. The summed E-state index contributed by atoms with van der Waals surface area (Å²) in [5.41, 5.74) is -0.251. The first kappa shape index (κ1) is 14.4. The maximum Gasteiger partial charge on any atom is 0.246 e. The third-order valence-corrected chi connectivity index (χ3v) is 1.87. The second-order valence-electron chi connectivity index (χ2n) is 5.50. The van der Waals surface area contributed by atoms with Crippen molar-refractivity contribution in [2.75, 3.05) is 6.61 Å². The summed E-state index contributed by atoms with van der Waals surface area (Å²) in [5, 5.41) is 2.92. The van der Waals surface area contributed by atoms with E-state index in [1.54, 1.807) is 0 Å². The fourth-order valence-electron chi connectivity index (χ4n) is 1.36. The lowest BCUT2D eigenvalue weighted by atomic mass is 10.1. The van der Waals surface area contributed by atoms with Gasteiger partial charge in [0.15, 0.2) is 0 Å². The molecular weight excluding hydrogens is 190 g/mol. The smallest absolute Gasteiger partial charge is 0.246 e. The van der Waals surface area contributed by atoms with E-state index in [4.69, 9.17) is 4.74 Å². The Balaban J connectivity index is 3.74. The van der Waals surface area contributed by atoms with Crippen LogP contribution in [0.5, 0.6) is 0 Å². The molecule has 0 aliphatic heterocycles. The van der Waals surface area contributed by atoms with Crippen LogP contribution >= 0.6 is 0 Å². The SMILES string of the molecule is CC(C)CC(C)NC(=O)COC(C)(C)C.